The second kappa shape index (κ2) is 18.0. The Bertz CT molecular complexity index is 2130. The van der Waals surface area contributed by atoms with E-state index in [1.165, 1.54) is 54.2 Å². The molecule has 54 heavy (non-hydrogen) atoms. The fourth-order valence-electron chi connectivity index (χ4n) is 5.71. The van der Waals surface area contributed by atoms with E-state index in [1.807, 2.05) is 60.7 Å². The molecule has 0 fully saturated rings. The lowest BCUT2D eigenvalue weighted by atomic mass is 10.00. The number of sulfonamides is 1. The van der Waals surface area contributed by atoms with Crippen molar-refractivity contribution in [1.29, 1.82) is 0 Å². The van der Waals surface area contributed by atoms with Crippen LogP contribution in [0.2, 0.25) is 0 Å². The lowest BCUT2D eigenvalue weighted by Crippen LogP contribution is -2.47. The quantitative estimate of drug-likeness (QED) is 0.110. The Morgan fingerprint density at radius 3 is 2.07 bits per heavy atom. The van der Waals surface area contributed by atoms with Gasteiger partial charge in [0.2, 0.25) is 10.0 Å². The van der Waals surface area contributed by atoms with Gasteiger partial charge in [0.05, 0.1) is 62.2 Å². The van der Waals surface area contributed by atoms with Crippen LogP contribution in [-0.2, 0) is 47.5 Å². The Balaban J connectivity index is 1.39. The number of aromatic nitrogens is 3. The molecule has 284 valence electrons. The summed E-state index contributed by atoms with van der Waals surface area (Å²) in [5, 5.41) is 35.8. The lowest BCUT2D eigenvalue weighted by molar-refractivity contribution is 0.0769. The fraction of sp³-hybridized carbons (Fsp3) is 0.282. The molecule has 2 amide bonds. The van der Waals surface area contributed by atoms with Crippen LogP contribution in [0.1, 0.15) is 61.8 Å². The zero-order chi connectivity index (χ0) is 38.8. The number of ether oxygens (including phenoxy) is 1. The molecule has 5 aromatic rings. The molecule has 4 aromatic carbocycles. The van der Waals surface area contributed by atoms with Gasteiger partial charge >= 0.3 is 0 Å². The number of nitrogens with one attached hydrogen (secondary N) is 2. The molecule has 0 saturated carbocycles. The Labute approximate surface area is 313 Å². The van der Waals surface area contributed by atoms with Crippen molar-refractivity contribution in [3.05, 3.63) is 148 Å². The van der Waals surface area contributed by atoms with E-state index in [0.717, 1.165) is 21.7 Å². The molecule has 1 aromatic heterocycles. The largest absolute Gasteiger partial charge is 0.390 e. The predicted octanol–water partition coefficient (Wildman–Crippen LogP) is 3.92. The summed E-state index contributed by atoms with van der Waals surface area (Å²) in [6.07, 6.45) is -0.0657. The van der Waals surface area contributed by atoms with Crippen molar-refractivity contribution < 1.29 is 37.3 Å². The third-order valence-electron chi connectivity index (χ3n) is 8.88. The summed E-state index contributed by atoms with van der Waals surface area (Å²) in [4.78, 5) is 27.5. The van der Waals surface area contributed by atoms with Gasteiger partial charge in [-0.05, 0) is 60.4 Å². The highest BCUT2D eigenvalue weighted by Crippen LogP contribution is 2.23. The molecule has 0 aliphatic carbocycles. The molecule has 0 aliphatic heterocycles. The average Bonchev–Trinajstić information content (AvgIpc) is 3.55. The molecule has 13 nitrogen and oxygen atoms in total. The Hall–Kier alpha value is -5.48. The maximum Gasteiger partial charge on any atom is 0.251 e. The molecular weight excluding hydrogens is 716 g/mol. The second-order valence-corrected chi connectivity index (χ2v) is 14.9. The molecule has 5 rings (SSSR count). The third kappa shape index (κ3) is 10.6. The minimum Gasteiger partial charge on any atom is -0.390 e. The molecule has 0 radical (unpaired) electrons. The van der Waals surface area contributed by atoms with E-state index in [-0.39, 0.29) is 36.4 Å². The van der Waals surface area contributed by atoms with Gasteiger partial charge in [0.1, 0.15) is 11.5 Å². The molecule has 0 bridgehead atoms. The standard InChI is InChI=1S/C39H43FN6O7S/c1-26(29-14-16-32(40)17-15-29)41-38(49)30-19-31(21-33(20-30)45(2)54(3,51)52)39(50)42-34(18-27-10-6-4-7-11-27)37(48)22-46-36(23-47)35(43-44-46)25-53-24-28-12-8-5-9-13-28/h4-17,19-21,26,34,37,47-48H,18,22-25H2,1-3H3,(H,41,49)(H,42,50)/t26-,34+,37+/m1/s1. The zero-order valence-electron chi connectivity index (χ0n) is 30.1. The summed E-state index contributed by atoms with van der Waals surface area (Å²) in [6.45, 7) is 1.53. The highest BCUT2D eigenvalue weighted by atomic mass is 32.2. The summed E-state index contributed by atoms with van der Waals surface area (Å²) in [6, 6.07) is 26.9. The van der Waals surface area contributed by atoms with Crippen LogP contribution < -0.4 is 14.9 Å². The van der Waals surface area contributed by atoms with Gasteiger partial charge in [0.15, 0.2) is 0 Å². The van der Waals surface area contributed by atoms with Crippen LogP contribution in [0.5, 0.6) is 0 Å². The molecule has 4 N–H and O–H groups in total. The Kier molecular flexibility index (Phi) is 13.3. The van der Waals surface area contributed by atoms with Crippen LogP contribution in [0.25, 0.3) is 0 Å². The minimum absolute atomic E-state index is 0.000477. The van der Waals surface area contributed by atoms with Gasteiger partial charge in [-0.25, -0.2) is 17.5 Å². The number of hydrogen-bond donors (Lipinski definition) is 4. The van der Waals surface area contributed by atoms with Gasteiger partial charge in [-0.1, -0.05) is 78.0 Å². The predicted molar refractivity (Wildman–Crippen MR) is 200 cm³/mol. The maximum atomic E-state index is 14.0. The van der Waals surface area contributed by atoms with Crippen LogP contribution in [0, 0.1) is 5.82 Å². The number of carbonyl (C=O) groups excluding carboxylic acids is 2. The average molecular weight is 759 g/mol. The number of hydrogen-bond acceptors (Lipinski definition) is 9. The highest BCUT2D eigenvalue weighted by molar-refractivity contribution is 7.92. The van der Waals surface area contributed by atoms with E-state index >= 15 is 0 Å². The second-order valence-electron chi connectivity index (χ2n) is 12.9. The minimum atomic E-state index is -3.80. The highest BCUT2D eigenvalue weighted by Gasteiger charge is 2.27. The van der Waals surface area contributed by atoms with Gasteiger partial charge in [-0.2, -0.15) is 0 Å². The van der Waals surface area contributed by atoms with E-state index in [4.69, 9.17) is 4.74 Å². The van der Waals surface area contributed by atoms with Crippen LogP contribution in [0.4, 0.5) is 10.1 Å². The fourth-order valence-corrected chi connectivity index (χ4v) is 6.20. The van der Waals surface area contributed by atoms with Crippen molar-refractivity contribution in [3.63, 3.8) is 0 Å². The van der Waals surface area contributed by atoms with Gasteiger partial charge in [0, 0.05) is 18.2 Å². The number of benzene rings is 4. The molecule has 0 spiro atoms. The molecular formula is C39H43FN6O7S. The summed E-state index contributed by atoms with van der Waals surface area (Å²) in [5.74, 6) is -1.71. The molecule has 1 heterocycles. The number of aliphatic hydroxyl groups is 2. The van der Waals surface area contributed by atoms with Gasteiger partial charge < -0.3 is 25.6 Å². The van der Waals surface area contributed by atoms with Crippen molar-refractivity contribution in [2.75, 3.05) is 17.6 Å². The van der Waals surface area contributed by atoms with Crippen LogP contribution in [0.3, 0.4) is 0 Å². The number of anilines is 1. The summed E-state index contributed by atoms with van der Waals surface area (Å²) in [5.41, 5.74) is 3.16. The van der Waals surface area contributed by atoms with Crippen molar-refractivity contribution in [1.82, 2.24) is 25.6 Å². The lowest BCUT2D eigenvalue weighted by Gasteiger charge is -2.25. The van der Waals surface area contributed by atoms with Gasteiger partial charge in [-0.3, -0.25) is 13.9 Å². The summed E-state index contributed by atoms with van der Waals surface area (Å²) < 4.78 is 46.6. The van der Waals surface area contributed by atoms with Crippen molar-refractivity contribution in [2.45, 2.75) is 57.9 Å². The number of aliphatic hydroxyl groups excluding tert-OH is 2. The summed E-state index contributed by atoms with van der Waals surface area (Å²) >= 11 is 0. The number of nitrogens with zero attached hydrogens (tertiary/aromatic N) is 4. The number of amides is 2. The van der Waals surface area contributed by atoms with E-state index in [9.17, 15) is 32.6 Å². The molecule has 15 heteroatoms. The monoisotopic (exact) mass is 758 g/mol. The van der Waals surface area contributed by atoms with E-state index in [0.29, 0.717) is 23.6 Å². The zero-order valence-corrected chi connectivity index (χ0v) is 30.9. The first-order valence-corrected chi connectivity index (χ1v) is 19.0. The van der Waals surface area contributed by atoms with Crippen molar-refractivity contribution in [2.24, 2.45) is 0 Å². The number of carbonyl (C=O) groups is 2. The maximum absolute atomic E-state index is 14.0. The molecule has 3 atom stereocenters. The first kappa shape index (κ1) is 39.7. The SMILES string of the molecule is C[C@@H](NC(=O)c1cc(C(=O)N[C@@H](Cc2ccccc2)[C@@H](O)Cn2nnc(COCc3ccccc3)c2CO)cc(N(C)S(C)(=O)=O)c1)c1ccc(F)cc1. The van der Waals surface area contributed by atoms with E-state index < -0.39 is 52.4 Å². The van der Waals surface area contributed by atoms with Gasteiger partial charge in [0.25, 0.3) is 11.8 Å². The van der Waals surface area contributed by atoms with Crippen LogP contribution in [0.15, 0.2) is 103 Å². The van der Waals surface area contributed by atoms with E-state index in [2.05, 4.69) is 20.9 Å². The third-order valence-corrected chi connectivity index (χ3v) is 10.1. The van der Waals surface area contributed by atoms with Crippen molar-refractivity contribution in [3.8, 4) is 0 Å². The Morgan fingerprint density at radius 1 is 0.889 bits per heavy atom. The van der Waals surface area contributed by atoms with E-state index in [1.54, 1.807) is 6.92 Å². The molecule has 0 saturated heterocycles. The van der Waals surface area contributed by atoms with Crippen LogP contribution in [-0.4, -0.2) is 70.9 Å². The Morgan fingerprint density at radius 2 is 1.48 bits per heavy atom. The van der Waals surface area contributed by atoms with Crippen molar-refractivity contribution >= 4 is 27.5 Å². The molecule has 0 unspecified atom stereocenters. The smallest absolute Gasteiger partial charge is 0.251 e. The molecule has 0 aliphatic rings. The first-order valence-electron chi connectivity index (χ1n) is 17.1. The topological polar surface area (TPSA) is 176 Å². The normalized spacial score (nSPS) is 13.1. The summed E-state index contributed by atoms with van der Waals surface area (Å²) in [7, 11) is -2.50. The number of halogens is 1. The van der Waals surface area contributed by atoms with Crippen LogP contribution >= 0.6 is 0 Å². The number of rotatable bonds is 17. The first-order chi connectivity index (χ1) is 25.8. The van der Waals surface area contributed by atoms with Gasteiger partial charge in [-0.15, -0.1) is 5.10 Å².